The van der Waals surface area contributed by atoms with Crippen LogP contribution in [-0.4, -0.2) is 21.3 Å². The fourth-order valence-electron chi connectivity index (χ4n) is 1.38. The van der Waals surface area contributed by atoms with E-state index in [9.17, 15) is 15.0 Å². The van der Waals surface area contributed by atoms with E-state index in [4.69, 9.17) is 5.11 Å². The van der Waals surface area contributed by atoms with Crippen LogP contribution in [0.2, 0.25) is 0 Å². The molecule has 92 valence electrons. The van der Waals surface area contributed by atoms with Gasteiger partial charge in [-0.15, -0.1) is 0 Å². The zero-order valence-electron chi connectivity index (χ0n) is 9.17. The number of aromatic hydroxyl groups is 1. The summed E-state index contributed by atoms with van der Waals surface area (Å²) in [5, 5.41) is 28.1. The number of halogens is 1. The molecule has 0 saturated heterocycles. The van der Waals surface area contributed by atoms with Gasteiger partial charge < -0.3 is 15.3 Å². The maximum absolute atomic E-state index is 10.4. The van der Waals surface area contributed by atoms with Gasteiger partial charge in [0.25, 0.3) is 0 Å². The van der Waals surface area contributed by atoms with Gasteiger partial charge in [0.05, 0.1) is 6.10 Å². The maximum atomic E-state index is 10.4. The molecule has 0 fully saturated rings. The number of aliphatic carboxylic acids is 1. The van der Waals surface area contributed by atoms with Crippen LogP contribution in [0.1, 0.15) is 18.6 Å². The third kappa shape index (κ3) is 3.87. The second-order valence-corrected chi connectivity index (χ2v) is 4.62. The third-order valence-electron chi connectivity index (χ3n) is 2.35. The molecule has 5 heteroatoms. The van der Waals surface area contributed by atoms with Crippen molar-refractivity contribution in [1.82, 2.24) is 0 Å². The van der Waals surface area contributed by atoms with E-state index in [0.717, 1.165) is 10.5 Å². The second-order valence-electron chi connectivity index (χ2n) is 3.70. The molecule has 4 nitrogen and oxygen atoms in total. The molecule has 1 rings (SSSR count). The standard InChI is InChI=1S/C12H13BrO4/c1-7(2-5-11(15)16)12(17)9-6-8(13)3-4-10(9)14/h2-7,12,14,17H,1H3,(H,15,16)/b5-2+/t7-,12-/m0/s1. The van der Waals surface area contributed by atoms with Crippen LogP contribution in [0.5, 0.6) is 5.75 Å². The first-order valence-electron chi connectivity index (χ1n) is 4.99. The predicted molar refractivity (Wildman–Crippen MR) is 66.7 cm³/mol. The van der Waals surface area contributed by atoms with Gasteiger partial charge in [-0.3, -0.25) is 0 Å². The fraction of sp³-hybridized carbons (Fsp3) is 0.250. The number of phenols is 1. The summed E-state index contributed by atoms with van der Waals surface area (Å²) in [5.74, 6) is -1.50. The van der Waals surface area contributed by atoms with Gasteiger partial charge in [0.2, 0.25) is 0 Å². The van der Waals surface area contributed by atoms with E-state index in [1.165, 1.54) is 12.1 Å². The molecule has 0 amide bonds. The predicted octanol–water partition coefficient (Wildman–Crippen LogP) is 2.47. The molecule has 0 spiro atoms. The quantitative estimate of drug-likeness (QED) is 0.747. The SMILES string of the molecule is C[C@@H](/C=C/C(=O)O)[C@H](O)c1cc(Br)ccc1O. The van der Waals surface area contributed by atoms with Crippen molar-refractivity contribution in [2.75, 3.05) is 0 Å². The van der Waals surface area contributed by atoms with Crippen molar-refractivity contribution in [2.45, 2.75) is 13.0 Å². The molecular weight excluding hydrogens is 288 g/mol. The Bertz CT molecular complexity index is 442. The van der Waals surface area contributed by atoms with Gasteiger partial charge >= 0.3 is 5.97 Å². The highest BCUT2D eigenvalue weighted by molar-refractivity contribution is 9.10. The Morgan fingerprint density at radius 1 is 1.47 bits per heavy atom. The molecule has 0 heterocycles. The Balaban J connectivity index is 2.91. The molecule has 0 unspecified atom stereocenters. The minimum absolute atomic E-state index is 0.0173. The summed E-state index contributed by atoms with van der Waals surface area (Å²) < 4.78 is 0.735. The van der Waals surface area contributed by atoms with E-state index >= 15 is 0 Å². The first-order valence-corrected chi connectivity index (χ1v) is 5.78. The molecule has 0 aliphatic carbocycles. The highest BCUT2D eigenvalue weighted by atomic mass is 79.9. The monoisotopic (exact) mass is 300 g/mol. The topological polar surface area (TPSA) is 77.8 Å². The smallest absolute Gasteiger partial charge is 0.327 e. The van der Waals surface area contributed by atoms with Crippen molar-refractivity contribution >= 4 is 21.9 Å². The van der Waals surface area contributed by atoms with E-state index < -0.39 is 18.0 Å². The Kier molecular flexibility index (Phi) is 4.72. The fourth-order valence-corrected chi connectivity index (χ4v) is 1.76. The summed E-state index contributed by atoms with van der Waals surface area (Å²) in [6, 6.07) is 4.73. The normalized spacial score (nSPS) is 14.8. The van der Waals surface area contributed by atoms with Crippen molar-refractivity contribution < 1.29 is 20.1 Å². The minimum Gasteiger partial charge on any atom is -0.508 e. The van der Waals surface area contributed by atoms with Crippen LogP contribution < -0.4 is 0 Å². The van der Waals surface area contributed by atoms with E-state index in [0.29, 0.717) is 5.56 Å². The summed E-state index contributed by atoms with van der Waals surface area (Å²) >= 11 is 3.24. The zero-order valence-corrected chi connectivity index (χ0v) is 10.8. The lowest BCUT2D eigenvalue weighted by Gasteiger charge is -2.17. The highest BCUT2D eigenvalue weighted by Crippen LogP contribution is 2.32. The summed E-state index contributed by atoms with van der Waals surface area (Å²) in [6.45, 7) is 1.67. The first kappa shape index (κ1) is 13.7. The molecule has 0 aromatic heterocycles. The van der Waals surface area contributed by atoms with Crippen LogP contribution in [0, 0.1) is 5.92 Å². The molecule has 0 aliphatic rings. The Labute approximate surface area is 107 Å². The number of hydrogen-bond acceptors (Lipinski definition) is 3. The number of carboxylic acids is 1. The van der Waals surface area contributed by atoms with Gasteiger partial charge in [0.1, 0.15) is 5.75 Å². The number of carboxylic acid groups (broad SMARTS) is 1. The lowest BCUT2D eigenvalue weighted by Crippen LogP contribution is -2.07. The summed E-state index contributed by atoms with van der Waals surface area (Å²) in [7, 11) is 0. The van der Waals surface area contributed by atoms with Crippen molar-refractivity contribution in [3.05, 3.63) is 40.4 Å². The van der Waals surface area contributed by atoms with Crippen LogP contribution >= 0.6 is 15.9 Å². The Morgan fingerprint density at radius 3 is 2.71 bits per heavy atom. The lowest BCUT2D eigenvalue weighted by molar-refractivity contribution is -0.131. The molecule has 0 radical (unpaired) electrons. The van der Waals surface area contributed by atoms with Gasteiger partial charge in [-0.2, -0.15) is 0 Å². The molecule has 1 aromatic carbocycles. The summed E-state index contributed by atoms with van der Waals surface area (Å²) in [6.07, 6.45) is 1.40. The van der Waals surface area contributed by atoms with Crippen LogP contribution in [0.4, 0.5) is 0 Å². The maximum Gasteiger partial charge on any atom is 0.327 e. The number of rotatable bonds is 4. The van der Waals surface area contributed by atoms with Gasteiger partial charge in [-0.1, -0.05) is 28.9 Å². The molecule has 3 N–H and O–H groups in total. The van der Waals surface area contributed by atoms with Gasteiger partial charge in [0, 0.05) is 22.0 Å². The van der Waals surface area contributed by atoms with Crippen LogP contribution in [0.15, 0.2) is 34.8 Å². The summed E-state index contributed by atoms with van der Waals surface area (Å²) in [5.41, 5.74) is 0.363. The number of phenolic OH excluding ortho intramolecular Hbond substituents is 1. The van der Waals surface area contributed by atoms with Gasteiger partial charge in [-0.25, -0.2) is 4.79 Å². The molecular formula is C12H13BrO4. The molecule has 1 aromatic rings. The molecule has 17 heavy (non-hydrogen) atoms. The number of aliphatic hydroxyl groups excluding tert-OH is 1. The van der Waals surface area contributed by atoms with Crippen LogP contribution in [0.25, 0.3) is 0 Å². The van der Waals surface area contributed by atoms with Crippen molar-refractivity contribution in [3.63, 3.8) is 0 Å². The number of aliphatic hydroxyl groups is 1. The largest absolute Gasteiger partial charge is 0.508 e. The minimum atomic E-state index is -1.07. The van der Waals surface area contributed by atoms with Crippen molar-refractivity contribution in [2.24, 2.45) is 5.92 Å². The molecule has 0 saturated carbocycles. The van der Waals surface area contributed by atoms with Crippen LogP contribution in [-0.2, 0) is 4.79 Å². The van der Waals surface area contributed by atoms with Gasteiger partial charge in [0.15, 0.2) is 0 Å². The van der Waals surface area contributed by atoms with Crippen molar-refractivity contribution in [3.8, 4) is 5.75 Å². The Hall–Kier alpha value is -1.33. The third-order valence-corrected chi connectivity index (χ3v) is 2.84. The second kappa shape index (κ2) is 5.84. The lowest BCUT2D eigenvalue weighted by atomic mass is 9.96. The number of carbonyl (C=O) groups is 1. The molecule has 0 aliphatic heterocycles. The van der Waals surface area contributed by atoms with E-state index in [2.05, 4.69) is 15.9 Å². The average Bonchev–Trinajstić information content (AvgIpc) is 2.28. The number of benzene rings is 1. The van der Waals surface area contributed by atoms with Gasteiger partial charge in [-0.05, 0) is 18.2 Å². The Morgan fingerprint density at radius 2 is 2.12 bits per heavy atom. The zero-order chi connectivity index (χ0) is 13.0. The average molecular weight is 301 g/mol. The molecule has 0 bridgehead atoms. The first-order chi connectivity index (χ1) is 7.91. The highest BCUT2D eigenvalue weighted by Gasteiger charge is 2.18. The van der Waals surface area contributed by atoms with E-state index in [-0.39, 0.29) is 5.75 Å². The van der Waals surface area contributed by atoms with E-state index in [1.807, 2.05) is 0 Å². The van der Waals surface area contributed by atoms with E-state index in [1.54, 1.807) is 19.1 Å². The summed E-state index contributed by atoms with van der Waals surface area (Å²) in [4.78, 5) is 10.4. The number of hydrogen-bond donors (Lipinski definition) is 3. The van der Waals surface area contributed by atoms with Crippen molar-refractivity contribution in [1.29, 1.82) is 0 Å². The molecule has 2 atom stereocenters. The van der Waals surface area contributed by atoms with Crippen LogP contribution in [0.3, 0.4) is 0 Å².